The average molecular weight is 279 g/mol. The Morgan fingerprint density at radius 1 is 1.50 bits per heavy atom. The van der Waals surface area contributed by atoms with E-state index in [0.717, 1.165) is 25.1 Å². The molecule has 1 saturated heterocycles. The van der Waals surface area contributed by atoms with E-state index in [1.807, 2.05) is 13.8 Å². The van der Waals surface area contributed by atoms with Gasteiger partial charge in [-0.3, -0.25) is 9.59 Å². The van der Waals surface area contributed by atoms with Crippen molar-refractivity contribution in [1.29, 1.82) is 0 Å². The lowest BCUT2D eigenvalue weighted by atomic mass is 9.84. The summed E-state index contributed by atoms with van der Waals surface area (Å²) in [6.45, 7) is 5.09. The Morgan fingerprint density at radius 2 is 2.25 bits per heavy atom. The number of nitrogens with zero attached hydrogens (tertiary/aromatic N) is 1. The number of carboxylic acid groups (broad SMARTS) is 1. The Labute approximate surface area is 118 Å². The molecule has 1 aromatic rings. The van der Waals surface area contributed by atoms with Gasteiger partial charge in [0.25, 0.3) is 5.91 Å². The summed E-state index contributed by atoms with van der Waals surface area (Å²) in [5, 5.41) is 8.87. The van der Waals surface area contributed by atoms with Gasteiger partial charge in [0.15, 0.2) is 5.76 Å². The molecule has 1 fully saturated rings. The van der Waals surface area contributed by atoms with Crippen molar-refractivity contribution in [2.75, 3.05) is 13.1 Å². The monoisotopic (exact) mass is 279 g/mol. The zero-order valence-corrected chi connectivity index (χ0v) is 12.0. The highest BCUT2D eigenvalue weighted by atomic mass is 16.4. The molecule has 0 aromatic carbocycles. The summed E-state index contributed by atoms with van der Waals surface area (Å²) in [7, 11) is 0. The molecule has 110 valence electrons. The van der Waals surface area contributed by atoms with E-state index in [0.29, 0.717) is 12.3 Å². The Bertz CT molecular complexity index is 494. The van der Waals surface area contributed by atoms with Crippen LogP contribution in [0.3, 0.4) is 0 Å². The molecule has 0 saturated carbocycles. The second-order valence-electron chi connectivity index (χ2n) is 5.64. The fraction of sp³-hybridized carbons (Fsp3) is 0.600. The minimum atomic E-state index is -0.775. The fourth-order valence-corrected chi connectivity index (χ4v) is 2.81. The molecule has 5 heteroatoms. The second kappa shape index (κ2) is 6.11. The molecule has 2 heterocycles. The van der Waals surface area contributed by atoms with Crippen LogP contribution in [0, 0.1) is 18.8 Å². The molecule has 1 aliphatic rings. The summed E-state index contributed by atoms with van der Waals surface area (Å²) >= 11 is 0. The number of hydrogen-bond acceptors (Lipinski definition) is 3. The van der Waals surface area contributed by atoms with E-state index in [4.69, 9.17) is 9.52 Å². The lowest BCUT2D eigenvalue weighted by molar-refractivity contribution is -0.138. The highest BCUT2D eigenvalue weighted by Gasteiger charge is 2.29. The molecular weight excluding hydrogens is 258 g/mol. The lowest BCUT2D eigenvalue weighted by Gasteiger charge is -2.35. The molecule has 1 aromatic heterocycles. The third-order valence-corrected chi connectivity index (χ3v) is 4.00. The number of hydrogen-bond donors (Lipinski definition) is 1. The number of piperidine rings is 1. The minimum Gasteiger partial charge on any atom is -0.481 e. The molecule has 0 spiro atoms. The number of furan rings is 1. The fourth-order valence-electron chi connectivity index (χ4n) is 2.81. The van der Waals surface area contributed by atoms with E-state index in [1.54, 1.807) is 17.0 Å². The third kappa shape index (κ3) is 3.40. The van der Waals surface area contributed by atoms with Crippen LogP contribution in [0.4, 0.5) is 0 Å². The van der Waals surface area contributed by atoms with Gasteiger partial charge >= 0.3 is 5.97 Å². The number of amides is 1. The summed E-state index contributed by atoms with van der Waals surface area (Å²) in [6.07, 6.45) is 2.06. The van der Waals surface area contributed by atoms with Crippen molar-refractivity contribution in [1.82, 2.24) is 4.90 Å². The molecule has 0 aliphatic carbocycles. The van der Waals surface area contributed by atoms with Crippen LogP contribution >= 0.6 is 0 Å². The topological polar surface area (TPSA) is 70.8 Å². The predicted molar refractivity (Wildman–Crippen MR) is 73.5 cm³/mol. The number of aryl methyl sites for hydroxylation is 1. The van der Waals surface area contributed by atoms with Crippen molar-refractivity contribution in [3.8, 4) is 0 Å². The molecule has 20 heavy (non-hydrogen) atoms. The Balaban J connectivity index is 1.99. The van der Waals surface area contributed by atoms with Gasteiger partial charge < -0.3 is 14.4 Å². The van der Waals surface area contributed by atoms with Crippen LogP contribution in [-0.2, 0) is 4.79 Å². The zero-order valence-electron chi connectivity index (χ0n) is 12.0. The summed E-state index contributed by atoms with van der Waals surface area (Å²) in [5.74, 6) is 0.560. The maximum absolute atomic E-state index is 12.3. The molecular formula is C15H21NO4. The summed E-state index contributed by atoms with van der Waals surface area (Å²) in [6, 6.07) is 3.48. The minimum absolute atomic E-state index is 0.0847. The molecule has 1 aliphatic heterocycles. The van der Waals surface area contributed by atoms with E-state index in [1.165, 1.54) is 0 Å². The number of aliphatic carboxylic acids is 1. The van der Waals surface area contributed by atoms with Crippen LogP contribution in [-0.4, -0.2) is 35.0 Å². The van der Waals surface area contributed by atoms with Gasteiger partial charge in [-0.1, -0.05) is 6.92 Å². The molecule has 1 N–H and O–H groups in total. The highest BCUT2D eigenvalue weighted by Crippen LogP contribution is 2.27. The number of carbonyl (C=O) groups is 2. The Kier molecular flexibility index (Phi) is 4.47. The van der Waals surface area contributed by atoms with Crippen LogP contribution < -0.4 is 0 Å². The summed E-state index contributed by atoms with van der Waals surface area (Å²) in [5.41, 5.74) is 0. The Hall–Kier alpha value is -1.78. The zero-order chi connectivity index (χ0) is 14.7. The normalized spacial score (nSPS) is 20.7. The molecule has 2 atom stereocenters. The molecule has 5 nitrogen and oxygen atoms in total. The van der Waals surface area contributed by atoms with Crippen LogP contribution in [0.25, 0.3) is 0 Å². The van der Waals surface area contributed by atoms with Gasteiger partial charge in [0.1, 0.15) is 5.76 Å². The van der Waals surface area contributed by atoms with E-state index in [2.05, 4.69) is 0 Å². The van der Waals surface area contributed by atoms with Gasteiger partial charge in [0.2, 0.25) is 0 Å². The number of rotatable bonds is 4. The lowest BCUT2D eigenvalue weighted by Crippen LogP contribution is -2.41. The van der Waals surface area contributed by atoms with Gasteiger partial charge in [-0.15, -0.1) is 0 Å². The number of carbonyl (C=O) groups excluding carboxylic acids is 1. The van der Waals surface area contributed by atoms with E-state index < -0.39 is 5.97 Å². The van der Waals surface area contributed by atoms with Crippen LogP contribution in [0.2, 0.25) is 0 Å². The SMILES string of the molecule is Cc1ccc(C(=O)N2CCCC(C(C)CC(=O)O)C2)o1. The average Bonchev–Trinajstić information content (AvgIpc) is 2.84. The van der Waals surface area contributed by atoms with E-state index in [9.17, 15) is 9.59 Å². The molecule has 2 rings (SSSR count). The quantitative estimate of drug-likeness (QED) is 0.919. The van der Waals surface area contributed by atoms with Gasteiger partial charge in [-0.05, 0) is 43.7 Å². The second-order valence-corrected chi connectivity index (χ2v) is 5.64. The van der Waals surface area contributed by atoms with Crippen LogP contribution in [0.5, 0.6) is 0 Å². The maximum atomic E-state index is 12.3. The maximum Gasteiger partial charge on any atom is 0.303 e. The molecule has 0 radical (unpaired) electrons. The van der Waals surface area contributed by atoms with Gasteiger partial charge in [-0.25, -0.2) is 0 Å². The first-order valence-corrected chi connectivity index (χ1v) is 7.05. The van der Waals surface area contributed by atoms with Crippen molar-refractivity contribution in [3.05, 3.63) is 23.7 Å². The van der Waals surface area contributed by atoms with Crippen LogP contribution in [0.1, 0.15) is 42.5 Å². The van der Waals surface area contributed by atoms with Gasteiger partial charge in [0.05, 0.1) is 0 Å². The van der Waals surface area contributed by atoms with Crippen molar-refractivity contribution >= 4 is 11.9 Å². The van der Waals surface area contributed by atoms with Gasteiger partial charge in [0, 0.05) is 19.5 Å². The first-order chi connectivity index (χ1) is 9.47. The van der Waals surface area contributed by atoms with Crippen LogP contribution in [0.15, 0.2) is 16.5 Å². The molecule has 1 amide bonds. The smallest absolute Gasteiger partial charge is 0.303 e. The Morgan fingerprint density at radius 3 is 2.85 bits per heavy atom. The van der Waals surface area contributed by atoms with Crippen molar-refractivity contribution in [3.63, 3.8) is 0 Å². The molecule has 0 bridgehead atoms. The number of likely N-dealkylation sites (tertiary alicyclic amines) is 1. The highest BCUT2D eigenvalue weighted by molar-refractivity contribution is 5.91. The molecule has 2 unspecified atom stereocenters. The van der Waals surface area contributed by atoms with E-state index in [-0.39, 0.29) is 24.2 Å². The van der Waals surface area contributed by atoms with E-state index >= 15 is 0 Å². The van der Waals surface area contributed by atoms with Gasteiger partial charge in [-0.2, -0.15) is 0 Å². The third-order valence-electron chi connectivity index (χ3n) is 4.00. The first kappa shape index (κ1) is 14.6. The largest absolute Gasteiger partial charge is 0.481 e. The standard InChI is InChI=1S/C15H21NO4/c1-10(8-14(17)18)12-4-3-7-16(9-12)15(19)13-6-5-11(2)20-13/h5-6,10,12H,3-4,7-9H2,1-2H3,(H,17,18). The summed E-state index contributed by atoms with van der Waals surface area (Å²) < 4.78 is 5.37. The van der Waals surface area contributed by atoms with Crippen molar-refractivity contribution < 1.29 is 19.1 Å². The van der Waals surface area contributed by atoms with Crippen molar-refractivity contribution in [2.24, 2.45) is 11.8 Å². The first-order valence-electron chi connectivity index (χ1n) is 7.05. The van der Waals surface area contributed by atoms with Crippen molar-refractivity contribution in [2.45, 2.75) is 33.1 Å². The summed E-state index contributed by atoms with van der Waals surface area (Å²) in [4.78, 5) is 24.9. The number of carboxylic acids is 1. The predicted octanol–water partition coefficient (Wildman–Crippen LogP) is 2.55.